The first kappa shape index (κ1) is 16.1. The van der Waals surface area contributed by atoms with E-state index in [-0.39, 0.29) is 12.6 Å². The predicted octanol–water partition coefficient (Wildman–Crippen LogP) is 4.47. The van der Waals surface area contributed by atoms with Crippen molar-refractivity contribution >= 4 is 29.2 Å². The van der Waals surface area contributed by atoms with Crippen molar-refractivity contribution in [1.82, 2.24) is 0 Å². The number of carbonyl (C=O) groups excluding carboxylic acids is 1. The Kier molecular flexibility index (Phi) is 11.6. The summed E-state index contributed by atoms with van der Waals surface area (Å²) in [6, 6.07) is 0. The van der Waals surface area contributed by atoms with Crippen LogP contribution in [0.15, 0.2) is 0 Å². The molecule has 0 saturated heterocycles. The number of hydrogen-bond acceptors (Lipinski definition) is 2. The maximum absolute atomic E-state index is 11.1. The number of unbranched alkanes of at least 4 members (excludes halogenated alkanes) is 6. The average molecular weight is 269 g/mol. The van der Waals surface area contributed by atoms with Crippen molar-refractivity contribution in [3.8, 4) is 0 Å². The van der Waals surface area contributed by atoms with Gasteiger partial charge in [-0.2, -0.15) is 0 Å². The summed E-state index contributed by atoms with van der Waals surface area (Å²) in [4.78, 5) is 10.5. The molecule has 0 amide bonds. The highest BCUT2D eigenvalue weighted by Gasteiger charge is 2.05. The number of ether oxygens (including phenoxy) is 1. The second-order valence-electron chi connectivity index (χ2n) is 3.95. The molecule has 0 aromatic carbocycles. The van der Waals surface area contributed by atoms with Crippen LogP contribution in [-0.4, -0.2) is 17.4 Å². The first-order valence-electron chi connectivity index (χ1n) is 6.10. The van der Waals surface area contributed by atoms with Gasteiger partial charge in [-0.15, -0.1) is 23.2 Å². The highest BCUT2D eigenvalue weighted by Crippen LogP contribution is 2.09. The van der Waals surface area contributed by atoms with Crippen LogP contribution in [0.25, 0.3) is 0 Å². The van der Waals surface area contributed by atoms with Crippen LogP contribution in [0.4, 0.5) is 0 Å². The molecule has 0 saturated carbocycles. The first-order valence-corrected chi connectivity index (χ1v) is 6.98. The van der Waals surface area contributed by atoms with Gasteiger partial charge in [-0.3, -0.25) is 4.79 Å². The van der Waals surface area contributed by atoms with Crippen molar-refractivity contribution in [3.63, 3.8) is 0 Å². The van der Waals surface area contributed by atoms with E-state index < -0.39 is 4.84 Å². The monoisotopic (exact) mass is 268 g/mol. The standard InChI is InChI=1S/C12H22Cl2O2/c1-2-3-4-5-6-7-8-9-12(15)16-10-11(13)14/h11H,2-10H2,1H3. The molecule has 0 fully saturated rings. The van der Waals surface area contributed by atoms with Crippen LogP contribution < -0.4 is 0 Å². The highest BCUT2D eigenvalue weighted by molar-refractivity contribution is 6.44. The predicted molar refractivity (Wildman–Crippen MR) is 69.1 cm³/mol. The Morgan fingerprint density at radius 2 is 1.62 bits per heavy atom. The summed E-state index contributed by atoms with van der Waals surface area (Å²) in [6.07, 6.45) is 8.86. The maximum atomic E-state index is 11.1. The lowest BCUT2D eigenvalue weighted by molar-refractivity contribution is -0.143. The van der Waals surface area contributed by atoms with E-state index >= 15 is 0 Å². The lowest BCUT2D eigenvalue weighted by Gasteiger charge is -2.04. The van der Waals surface area contributed by atoms with Gasteiger partial charge in [0.2, 0.25) is 0 Å². The third-order valence-electron chi connectivity index (χ3n) is 2.35. The smallest absolute Gasteiger partial charge is 0.305 e. The van der Waals surface area contributed by atoms with Gasteiger partial charge in [0.15, 0.2) is 0 Å². The Morgan fingerprint density at radius 3 is 2.19 bits per heavy atom. The minimum Gasteiger partial charge on any atom is -0.463 e. The molecule has 0 unspecified atom stereocenters. The molecule has 0 aromatic heterocycles. The van der Waals surface area contributed by atoms with Gasteiger partial charge in [-0.25, -0.2) is 0 Å². The molecule has 0 aliphatic carbocycles. The van der Waals surface area contributed by atoms with Crippen LogP contribution in [0.1, 0.15) is 58.3 Å². The largest absolute Gasteiger partial charge is 0.463 e. The Morgan fingerprint density at radius 1 is 1.06 bits per heavy atom. The molecule has 2 nitrogen and oxygen atoms in total. The van der Waals surface area contributed by atoms with Crippen molar-refractivity contribution in [2.24, 2.45) is 0 Å². The van der Waals surface area contributed by atoms with E-state index in [4.69, 9.17) is 27.9 Å². The highest BCUT2D eigenvalue weighted by atomic mass is 35.5. The molecular weight excluding hydrogens is 247 g/mol. The normalized spacial score (nSPS) is 10.8. The summed E-state index contributed by atoms with van der Waals surface area (Å²) in [5.74, 6) is -0.195. The molecule has 0 bridgehead atoms. The summed E-state index contributed by atoms with van der Waals surface area (Å²) < 4.78 is 4.85. The van der Waals surface area contributed by atoms with Crippen LogP contribution in [-0.2, 0) is 9.53 Å². The molecule has 0 aliphatic heterocycles. The van der Waals surface area contributed by atoms with E-state index in [0.29, 0.717) is 6.42 Å². The van der Waals surface area contributed by atoms with Gasteiger partial charge in [0.25, 0.3) is 0 Å². The molecule has 0 rings (SSSR count). The fourth-order valence-electron chi connectivity index (χ4n) is 1.45. The molecule has 4 heteroatoms. The number of alkyl halides is 2. The number of rotatable bonds is 10. The third kappa shape index (κ3) is 12.1. The van der Waals surface area contributed by atoms with E-state index in [9.17, 15) is 4.79 Å². The Bertz CT molecular complexity index is 172. The fourth-order valence-corrected chi connectivity index (χ4v) is 1.58. The molecule has 0 aliphatic rings. The third-order valence-corrected chi connectivity index (χ3v) is 2.61. The molecule has 0 spiro atoms. The van der Waals surface area contributed by atoms with Crippen LogP contribution in [0.3, 0.4) is 0 Å². The SMILES string of the molecule is CCCCCCCCCC(=O)OCC(Cl)Cl. The molecule has 16 heavy (non-hydrogen) atoms. The minimum atomic E-state index is -0.613. The molecule has 0 N–H and O–H groups in total. The van der Waals surface area contributed by atoms with Gasteiger partial charge >= 0.3 is 5.97 Å². The zero-order valence-electron chi connectivity index (χ0n) is 10.0. The van der Waals surface area contributed by atoms with E-state index in [2.05, 4.69) is 6.92 Å². The molecule has 0 aromatic rings. The lowest BCUT2D eigenvalue weighted by Crippen LogP contribution is -2.09. The number of hydrogen-bond donors (Lipinski definition) is 0. The van der Waals surface area contributed by atoms with Gasteiger partial charge in [0, 0.05) is 6.42 Å². The second kappa shape index (κ2) is 11.5. The van der Waals surface area contributed by atoms with Crippen molar-refractivity contribution < 1.29 is 9.53 Å². The van der Waals surface area contributed by atoms with Gasteiger partial charge in [0.1, 0.15) is 11.4 Å². The van der Waals surface area contributed by atoms with Crippen LogP contribution in [0.2, 0.25) is 0 Å². The first-order chi connectivity index (χ1) is 7.66. The quantitative estimate of drug-likeness (QED) is 0.332. The Balaban J connectivity index is 3.15. The van der Waals surface area contributed by atoms with Crippen molar-refractivity contribution in [1.29, 1.82) is 0 Å². The fraction of sp³-hybridized carbons (Fsp3) is 0.917. The summed E-state index contributed by atoms with van der Waals surface area (Å²) in [6.45, 7) is 2.30. The van der Waals surface area contributed by atoms with Gasteiger partial charge in [0.05, 0.1) is 0 Å². The molecular formula is C12H22Cl2O2. The Hall–Kier alpha value is 0.0500. The topological polar surface area (TPSA) is 26.3 Å². The van der Waals surface area contributed by atoms with Crippen LogP contribution in [0, 0.1) is 0 Å². The minimum absolute atomic E-state index is 0.0957. The Labute approximate surface area is 109 Å². The number of halogens is 2. The average Bonchev–Trinajstić information content (AvgIpc) is 2.25. The van der Waals surface area contributed by atoms with E-state index in [1.807, 2.05) is 0 Å². The number of carbonyl (C=O) groups is 1. The van der Waals surface area contributed by atoms with E-state index in [0.717, 1.165) is 12.8 Å². The van der Waals surface area contributed by atoms with E-state index in [1.54, 1.807) is 0 Å². The van der Waals surface area contributed by atoms with Crippen molar-refractivity contribution in [2.45, 2.75) is 63.1 Å². The molecule has 0 heterocycles. The summed E-state index contributed by atoms with van der Waals surface area (Å²) in [5.41, 5.74) is 0. The lowest BCUT2D eigenvalue weighted by atomic mass is 10.1. The maximum Gasteiger partial charge on any atom is 0.305 e. The second-order valence-corrected chi connectivity index (χ2v) is 5.22. The van der Waals surface area contributed by atoms with Crippen molar-refractivity contribution in [3.05, 3.63) is 0 Å². The summed E-state index contributed by atoms with van der Waals surface area (Å²) in [7, 11) is 0. The van der Waals surface area contributed by atoms with E-state index in [1.165, 1.54) is 32.1 Å². The van der Waals surface area contributed by atoms with Crippen molar-refractivity contribution in [2.75, 3.05) is 6.61 Å². The summed E-state index contributed by atoms with van der Waals surface area (Å²) in [5, 5.41) is 0. The molecule has 0 atom stereocenters. The molecule has 0 radical (unpaired) electrons. The van der Waals surface area contributed by atoms with Gasteiger partial charge in [-0.05, 0) is 6.42 Å². The van der Waals surface area contributed by atoms with Gasteiger partial charge in [-0.1, -0.05) is 45.4 Å². The van der Waals surface area contributed by atoms with Crippen LogP contribution in [0.5, 0.6) is 0 Å². The zero-order chi connectivity index (χ0) is 12.2. The summed E-state index contributed by atoms with van der Waals surface area (Å²) >= 11 is 10.9. The van der Waals surface area contributed by atoms with Gasteiger partial charge < -0.3 is 4.74 Å². The molecule has 96 valence electrons. The number of esters is 1. The van der Waals surface area contributed by atoms with Crippen LogP contribution >= 0.6 is 23.2 Å². The zero-order valence-corrected chi connectivity index (χ0v) is 11.5.